The topological polar surface area (TPSA) is 76.1 Å². The third-order valence-electron chi connectivity index (χ3n) is 8.38. The van der Waals surface area contributed by atoms with Crippen molar-refractivity contribution in [3.8, 4) is 0 Å². The van der Waals surface area contributed by atoms with Gasteiger partial charge in [-0.1, -0.05) is 12.1 Å². The molecule has 1 aromatic carbocycles. The van der Waals surface area contributed by atoms with Crippen molar-refractivity contribution in [3.05, 3.63) is 47.9 Å². The number of halogens is 1. The minimum absolute atomic E-state index is 0.172. The number of carbonyl (C=O) groups is 2. The number of urea groups is 1. The molecule has 2 N–H and O–H groups in total. The first-order chi connectivity index (χ1) is 17.4. The Hall–Kier alpha value is -2.87. The number of carbonyl (C=O) groups excluding carboxylic acids is 2. The lowest BCUT2D eigenvalue weighted by Crippen LogP contribution is -2.50. The summed E-state index contributed by atoms with van der Waals surface area (Å²) in [5.74, 6) is -0.0802. The van der Waals surface area contributed by atoms with E-state index in [4.69, 9.17) is 0 Å². The van der Waals surface area contributed by atoms with Gasteiger partial charge in [-0.2, -0.15) is 0 Å². The second kappa shape index (κ2) is 10.2. The molecule has 0 radical (unpaired) electrons. The van der Waals surface area contributed by atoms with Crippen LogP contribution >= 0.6 is 0 Å². The second-order valence-electron chi connectivity index (χ2n) is 10.7. The van der Waals surface area contributed by atoms with E-state index in [2.05, 4.69) is 10.2 Å². The molecule has 4 aliphatic rings. The molecule has 7 nitrogen and oxygen atoms in total. The van der Waals surface area contributed by atoms with Gasteiger partial charge >= 0.3 is 6.03 Å². The number of nitrogens with zero attached hydrogens (tertiary/aromatic N) is 3. The summed E-state index contributed by atoms with van der Waals surface area (Å²) in [4.78, 5) is 31.5. The van der Waals surface area contributed by atoms with Crippen LogP contribution in [0.1, 0.15) is 57.4 Å². The zero-order chi connectivity index (χ0) is 25.3. The van der Waals surface area contributed by atoms with Crippen molar-refractivity contribution in [1.29, 1.82) is 0 Å². The van der Waals surface area contributed by atoms with Gasteiger partial charge in [0, 0.05) is 38.4 Å². The lowest BCUT2D eigenvalue weighted by molar-refractivity contribution is -0.139. The Bertz CT molecular complexity index is 1060. The van der Waals surface area contributed by atoms with E-state index in [-0.39, 0.29) is 29.9 Å². The van der Waals surface area contributed by atoms with Gasteiger partial charge in [-0.15, -0.1) is 0 Å². The molecule has 1 aromatic rings. The highest BCUT2D eigenvalue weighted by Gasteiger charge is 2.50. The molecular weight excluding hydrogens is 459 g/mol. The highest BCUT2D eigenvalue weighted by Crippen LogP contribution is 2.44. The number of aliphatic hydroxyl groups is 1. The van der Waals surface area contributed by atoms with Crippen LogP contribution in [0.3, 0.4) is 0 Å². The summed E-state index contributed by atoms with van der Waals surface area (Å²) < 4.78 is 15.4. The molecular formula is C28H37FN4O3. The van der Waals surface area contributed by atoms with Gasteiger partial charge in [-0.25, -0.2) is 9.18 Å². The van der Waals surface area contributed by atoms with Crippen molar-refractivity contribution in [2.45, 2.75) is 64.0 Å². The molecule has 5 rings (SSSR count). The van der Waals surface area contributed by atoms with Crippen LogP contribution in [0.5, 0.6) is 0 Å². The standard InChI is InChI=1S/C28H37FN4O3/c1-2-30-27(36)31-14-3-5-21(18-31)20-6-11-25(24(29)17-20)32-15-4-12-28(19-32)13-16-33(26(28)35)22-7-9-23(34)10-8-22/h3,5-6,11,14,17,22-23,34H,2,4,7-10,12-13,15-16,18-19H2,1H3,(H,30,36)/t22-,23+,28-/m0/s1. The lowest BCUT2D eigenvalue weighted by atomic mass is 9.78. The van der Waals surface area contributed by atoms with E-state index in [0.29, 0.717) is 25.3 Å². The normalized spacial score (nSPS) is 28.6. The third-order valence-corrected chi connectivity index (χ3v) is 8.38. The zero-order valence-corrected chi connectivity index (χ0v) is 21.1. The first-order valence-corrected chi connectivity index (χ1v) is 13.4. The summed E-state index contributed by atoms with van der Waals surface area (Å²) in [5.41, 5.74) is 1.73. The second-order valence-corrected chi connectivity index (χ2v) is 10.7. The van der Waals surface area contributed by atoms with Crippen LogP contribution in [0, 0.1) is 11.2 Å². The van der Waals surface area contributed by atoms with E-state index in [1.54, 1.807) is 23.2 Å². The van der Waals surface area contributed by atoms with Crippen LogP contribution in [0.15, 0.2) is 36.6 Å². The van der Waals surface area contributed by atoms with E-state index in [1.807, 2.05) is 30.0 Å². The summed E-state index contributed by atoms with van der Waals surface area (Å²) >= 11 is 0. The predicted molar refractivity (Wildman–Crippen MR) is 138 cm³/mol. The maximum absolute atomic E-state index is 15.4. The molecule has 0 aromatic heterocycles. The molecule has 1 spiro atoms. The Morgan fingerprint density at radius 3 is 2.75 bits per heavy atom. The van der Waals surface area contributed by atoms with Gasteiger partial charge < -0.3 is 20.2 Å². The highest BCUT2D eigenvalue weighted by molar-refractivity contribution is 5.86. The monoisotopic (exact) mass is 496 g/mol. The number of hydrogen-bond donors (Lipinski definition) is 2. The van der Waals surface area contributed by atoms with E-state index >= 15 is 4.39 Å². The molecule has 8 heteroatoms. The average Bonchev–Trinajstić information content (AvgIpc) is 3.19. The van der Waals surface area contributed by atoms with E-state index in [1.165, 1.54) is 0 Å². The minimum Gasteiger partial charge on any atom is -0.393 e. The molecule has 2 saturated heterocycles. The average molecular weight is 497 g/mol. The van der Waals surface area contributed by atoms with E-state index < -0.39 is 5.41 Å². The maximum Gasteiger partial charge on any atom is 0.321 e. The van der Waals surface area contributed by atoms with Crippen molar-refractivity contribution in [1.82, 2.24) is 15.1 Å². The fraction of sp³-hybridized carbons (Fsp3) is 0.571. The number of aliphatic hydroxyl groups excluding tert-OH is 1. The number of nitrogens with one attached hydrogen (secondary N) is 1. The first kappa shape index (κ1) is 24.8. The fourth-order valence-electron chi connectivity index (χ4n) is 6.38. The van der Waals surface area contributed by atoms with Crippen LogP contribution in [-0.4, -0.2) is 71.7 Å². The van der Waals surface area contributed by atoms with Gasteiger partial charge in [0.1, 0.15) is 5.82 Å². The molecule has 36 heavy (non-hydrogen) atoms. The molecule has 1 aliphatic carbocycles. The molecule has 3 fully saturated rings. The summed E-state index contributed by atoms with van der Waals surface area (Å²) in [7, 11) is 0. The van der Waals surface area contributed by atoms with Crippen molar-refractivity contribution in [2.75, 3.05) is 37.6 Å². The molecule has 0 bridgehead atoms. The fourth-order valence-corrected chi connectivity index (χ4v) is 6.38. The summed E-state index contributed by atoms with van der Waals surface area (Å²) in [6.07, 6.45) is 11.0. The van der Waals surface area contributed by atoms with Gasteiger partial charge in [0.15, 0.2) is 0 Å². The zero-order valence-electron chi connectivity index (χ0n) is 21.1. The number of allylic oxidation sites excluding steroid dienone is 2. The molecule has 3 heterocycles. The van der Waals surface area contributed by atoms with Gasteiger partial charge in [0.25, 0.3) is 0 Å². The number of benzene rings is 1. The Morgan fingerprint density at radius 1 is 1.19 bits per heavy atom. The number of anilines is 1. The maximum atomic E-state index is 15.4. The quantitative estimate of drug-likeness (QED) is 0.663. The summed E-state index contributed by atoms with van der Waals surface area (Å²) in [6, 6.07) is 5.33. The number of likely N-dealkylation sites (tertiary alicyclic amines) is 1. The Morgan fingerprint density at radius 2 is 2.00 bits per heavy atom. The van der Waals surface area contributed by atoms with Crippen molar-refractivity contribution < 1.29 is 19.1 Å². The molecule has 3 aliphatic heterocycles. The van der Waals surface area contributed by atoms with Crippen LogP contribution in [0.2, 0.25) is 0 Å². The van der Waals surface area contributed by atoms with Crippen molar-refractivity contribution in [3.63, 3.8) is 0 Å². The SMILES string of the molecule is CCNC(=O)N1C=CC=C(c2ccc(N3CCC[C@]4(CCN([C@H]5CC[C@@H](O)CC5)C4=O)C3)c(F)c2)C1. The number of piperidine rings is 1. The first-order valence-electron chi connectivity index (χ1n) is 13.4. The van der Waals surface area contributed by atoms with Gasteiger partial charge in [0.2, 0.25) is 5.91 Å². The van der Waals surface area contributed by atoms with Gasteiger partial charge in [0.05, 0.1) is 23.8 Å². The van der Waals surface area contributed by atoms with Crippen LogP contribution in [0.25, 0.3) is 5.57 Å². The molecule has 194 valence electrons. The van der Waals surface area contributed by atoms with Crippen molar-refractivity contribution in [2.24, 2.45) is 5.41 Å². The highest BCUT2D eigenvalue weighted by atomic mass is 19.1. The number of hydrogen-bond acceptors (Lipinski definition) is 4. The summed E-state index contributed by atoms with van der Waals surface area (Å²) in [6.45, 7) is 4.85. The van der Waals surface area contributed by atoms with E-state index in [0.717, 1.165) is 69.2 Å². The van der Waals surface area contributed by atoms with Crippen molar-refractivity contribution >= 4 is 23.2 Å². The Labute approximate surface area is 212 Å². The predicted octanol–water partition coefficient (Wildman–Crippen LogP) is 3.89. The lowest BCUT2D eigenvalue weighted by Gasteiger charge is -2.41. The van der Waals surface area contributed by atoms with Gasteiger partial charge in [-0.3, -0.25) is 9.69 Å². The molecule has 0 unspecified atom stereocenters. The third kappa shape index (κ3) is 4.75. The molecule has 3 amide bonds. The molecule has 1 saturated carbocycles. The Balaban J connectivity index is 1.28. The summed E-state index contributed by atoms with van der Waals surface area (Å²) in [5, 5.41) is 12.6. The number of amides is 3. The minimum atomic E-state index is -0.441. The number of rotatable bonds is 4. The van der Waals surface area contributed by atoms with Crippen LogP contribution in [-0.2, 0) is 4.79 Å². The smallest absolute Gasteiger partial charge is 0.321 e. The Kier molecular flexibility index (Phi) is 7.06. The van der Waals surface area contributed by atoms with Crippen LogP contribution in [0.4, 0.5) is 14.9 Å². The molecule has 1 atom stereocenters. The van der Waals surface area contributed by atoms with E-state index in [9.17, 15) is 14.7 Å². The van der Waals surface area contributed by atoms with Gasteiger partial charge in [-0.05, 0) is 81.2 Å². The largest absolute Gasteiger partial charge is 0.393 e. The van der Waals surface area contributed by atoms with Crippen LogP contribution < -0.4 is 10.2 Å².